The molecule has 0 aromatic heterocycles. The van der Waals surface area contributed by atoms with E-state index in [1.165, 1.54) is 0 Å². The van der Waals surface area contributed by atoms with Crippen LogP contribution in [0.25, 0.3) is 0 Å². The zero-order chi connectivity index (χ0) is 11.1. The highest BCUT2D eigenvalue weighted by Crippen LogP contribution is 2.49. The van der Waals surface area contributed by atoms with Gasteiger partial charge in [-0.1, -0.05) is 24.3 Å². The van der Waals surface area contributed by atoms with Gasteiger partial charge < -0.3 is 0 Å². The smallest absolute Gasteiger partial charge is 0.236 e. The fourth-order valence-electron chi connectivity index (χ4n) is 1.50. The maximum absolute atomic E-state index is 13.6. The van der Waals surface area contributed by atoms with E-state index in [2.05, 4.69) is 0 Å². The molecule has 0 bridgehead atoms. The molecule has 1 aromatic carbocycles. The second-order valence-corrected chi connectivity index (χ2v) is 6.62. The summed E-state index contributed by atoms with van der Waals surface area (Å²) in [7, 11) is 1.58. The minimum absolute atomic E-state index is 0.214. The molecule has 15 heavy (non-hydrogen) atoms. The van der Waals surface area contributed by atoms with E-state index < -0.39 is 14.7 Å². The van der Waals surface area contributed by atoms with Crippen molar-refractivity contribution in [3.8, 4) is 0 Å². The molecule has 2 rings (SSSR count). The summed E-state index contributed by atoms with van der Waals surface area (Å²) in [5, 5.41) is 0. The van der Waals surface area contributed by atoms with Gasteiger partial charge in [-0.15, -0.1) is 0 Å². The number of hydrogen-bond acceptors (Lipinski definition) is 2. The summed E-state index contributed by atoms with van der Waals surface area (Å²) in [5.74, 6) is -0.214. The number of hydrogen-bond donors (Lipinski definition) is 0. The zero-order valence-corrected chi connectivity index (χ0v) is 9.48. The second kappa shape index (κ2) is 3.46. The van der Waals surface area contributed by atoms with Crippen LogP contribution in [0.1, 0.15) is 24.0 Å². The fraction of sp³-hybridized carbons (Fsp3) is 0.400. The lowest BCUT2D eigenvalue weighted by molar-refractivity contribution is 0.317. The van der Waals surface area contributed by atoms with E-state index in [4.69, 9.17) is 10.7 Å². The van der Waals surface area contributed by atoms with Crippen LogP contribution in [0.3, 0.4) is 0 Å². The summed E-state index contributed by atoms with van der Waals surface area (Å²) in [6.07, 6.45) is 1.11. The lowest BCUT2D eigenvalue weighted by Gasteiger charge is -2.05. The minimum Gasteiger partial charge on any atom is -0.239 e. The van der Waals surface area contributed by atoms with E-state index in [0.717, 1.165) is 0 Å². The Bertz CT molecular complexity index is 463. The summed E-state index contributed by atoms with van der Waals surface area (Å²) in [4.78, 5) is 0. The molecule has 1 aliphatic rings. The first-order chi connectivity index (χ1) is 6.89. The lowest BCUT2D eigenvalue weighted by Crippen LogP contribution is -1.99. The second-order valence-electron chi connectivity index (χ2n) is 3.85. The van der Waals surface area contributed by atoms with Gasteiger partial charge in [-0.3, -0.25) is 0 Å². The monoisotopic (exact) mass is 248 g/mol. The van der Waals surface area contributed by atoms with Gasteiger partial charge in [0.1, 0.15) is 5.67 Å². The van der Waals surface area contributed by atoms with E-state index in [9.17, 15) is 12.8 Å². The predicted octanol–water partition coefficient (Wildman–Crippen LogP) is 2.71. The molecule has 1 fully saturated rings. The minimum atomic E-state index is -3.53. The van der Waals surface area contributed by atoms with Gasteiger partial charge in [0.15, 0.2) is 0 Å². The largest absolute Gasteiger partial charge is 0.239 e. The van der Waals surface area contributed by atoms with Crippen LogP contribution in [0.15, 0.2) is 24.3 Å². The highest BCUT2D eigenvalue weighted by Gasteiger charge is 2.44. The first-order valence-electron chi connectivity index (χ1n) is 4.60. The Labute approximate surface area is 92.5 Å². The Morgan fingerprint density at radius 1 is 1.27 bits per heavy atom. The highest BCUT2D eigenvalue weighted by molar-refractivity contribution is 8.13. The number of alkyl halides is 1. The van der Waals surface area contributed by atoms with Crippen molar-refractivity contribution in [2.75, 3.05) is 0 Å². The summed E-state index contributed by atoms with van der Waals surface area (Å²) in [5.41, 5.74) is 0.0365. The summed E-state index contributed by atoms with van der Waals surface area (Å²) >= 11 is 0. The molecule has 2 nitrogen and oxygen atoms in total. The average molecular weight is 249 g/mol. The van der Waals surface area contributed by atoms with Crippen LogP contribution in [0, 0.1) is 0 Å². The number of rotatable bonds is 3. The topological polar surface area (TPSA) is 34.1 Å². The van der Waals surface area contributed by atoms with E-state index >= 15 is 0 Å². The Hall–Kier alpha value is -0.610. The van der Waals surface area contributed by atoms with Crippen molar-refractivity contribution in [2.24, 2.45) is 0 Å². The van der Waals surface area contributed by atoms with Crippen molar-refractivity contribution in [3.63, 3.8) is 0 Å². The summed E-state index contributed by atoms with van der Waals surface area (Å²) in [6.45, 7) is 0. The zero-order valence-electron chi connectivity index (χ0n) is 7.91. The van der Waals surface area contributed by atoms with Gasteiger partial charge in [0.25, 0.3) is 0 Å². The maximum Gasteiger partial charge on any atom is 0.236 e. The molecule has 0 aliphatic heterocycles. The van der Waals surface area contributed by atoms with E-state index in [1.807, 2.05) is 0 Å². The third kappa shape index (κ3) is 2.69. The molecule has 1 saturated carbocycles. The Kier molecular flexibility index (Phi) is 2.51. The van der Waals surface area contributed by atoms with Crippen LogP contribution < -0.4 is 0 Å². The maximum atomic E-state index is 13.6. The van der Waals surface area contributed by atoms with Gasteiger partial charge in [-0.2, -0.15) is 0 Å². The molecule has 0 N–H and O–H groups in total. The fourth-order valence-corrected chi connectivity index (χ4v) is 2.47. The van der Waals surface area contributed by atoms with Crippen molar-refractivity contribution in [1.29, 1.82) is 0 Å². The molecule has 0 unspecified atom stereocenters. The highest BCUT2D eigenvalue weighted by atomic mass is 35.7. The SMILES string of the molecule is O=S(=O)(Cl)Cc1ccc(C2(F)CC2)cc1. The van der Waals surface area contributed by atoms with Crippen LogP contribution in [0.2, 0.25) is 0 Å². The summed E-state index contributed by atoms with van der Waals surface area (Å²) < 4.78 is 35.1. The normalized spacial score (nSPS) is 18.8. The molecular weight excluding hydrogens is 239 g/mol. The number of benzene rings is 1. The van der Waals surface area contributed by atoms with Crippen molar-refractivity contribution >= 4 is 19.7 Å². The molecule has 0 atom stereocenters. The average Bonchev–Trinajstić information content (AvgIpc) is 2.83. The molecule has 82 valence electrons. The molecule has 0 radical (unpaired) electrons. The quantitative estimate of drug-likeness (QED) is 0.771. The van der Waals surface area contributed by atoms with Gasteiger partial charge in [0.2, 0.25) is 9.05 Å². The molecule has 1 aromatic rings. The first-order valence-corrected chi connectivity index (χ1v) is 7.08. The van der Waals surface area contributed by atoms with Crippen molar-refractivity contribution < 1.29 is 12.8 Å². The Morgan fingerprint density at radius 2 is 1.80 bits per heavy atom. The summed E-state index contributed by atoms with van der Waals surface area (Å²) in [6, 6.07) is 6.47. The molecule has 0 amide bonds. The van der Waals surface area contributed by atoms with Crippen molar-refractivity contribution in [1.82, 2.24) is 0 Å². The van der Waals surface area contributed by atoms with E-state index in [1.54, 1.807) is 24.3 Å². The van der Waals surface area contributed by atoms with Crippen LogP contribution >= 0.6 is 10.7 Å². The lowest BCUT2D eigenvalue weighted by atomic mass is 10.1. The van der Waals surface area contributed by atoms with Gasteiger partial charge in [-0.05, 0) is 24.0 Å². The number of halogens is 2. The third-order valence-corrected chi connectivity index (χ3v) is 3.50. The molecule has 1 aliphatic carbocycles. The van der Waals surface area contributed by atoms with Crippen LogP contribution in [-0.2, 0) is 20.5 Å². The molecule has 0 saturated heterocycles. The van der Waals surface area contributed by atoms with Gasteiger partial charge in [-0.25, -0.2) is 12.8 Å². The van der Waals surface area contributed by atoms with Gasteiger partial charge >= 0.3 is 0 Å². The van der Waals surface area contributed by atoms with Gasteiger partial charge in [0.05, 0.1) is 5.75 Å². The first kappa shape index (κ1) is 10.9. The van der Waals surface area contributed by atoms with Crippen molar-refractivity contribution in [3.05, 3.63) is 35.4 Å². The molecule has 0 spiro atoms. The van der Waals surface area contributed by atoms with Gasteiger partial charge in [0, 0.05) is 10.7 Å². The third-order valence-electron chi connectivity index (χ3n) is 2.50. The Balaban J connectivity index is 2.18. The van der Waals surface area contributed by atoms with Crippen LogP contribution in [-0.4, -0.2) is 8.42 Å². The molecule has 5 heteroatoms. The van der Waals surface area contributed by atoms with Crippen molar-refractivity contribution in [2.45, 2.75) is 24.3 Å². The van der Waals surface area contributed by atoms with E-state index in [0.29, 0.717) is 24.0 Å². The van der Waals surface area contributed by atoms with E-state index in [-0.39, 0.29) is 5.75 Å². The predicted molar refractivity (Wildman–Crippen MR) is 56.9 cm³/mol. The van der Waals surface area contributed by atoms with Crippen LogP contribution in [0.5, 0.6) is 0 Å². The van der Waals surface area contributed by atoms with Crippen LogP contribution in [0.4, 0.5) is 4.39 Å². The molecular formula is C10H10ClFO2S. The Morgan fingerprint density at radius 3 is 2.20 bits per heavy atom. The molecule has 0 heterocycles. The standard InChI is InChI=1S/C10H10ClFO2S/c11-15(13,14)7-8-1-3-9(4-2-8)10(12)5-6-10/h1-4H,5-7H2.